The zero-order chi connectivity index (χ0) is 6.08. The summed E-state index contributed by atoms with van der Waals surface area (Å²) in [6, 6.07) is 0. The van der Waals surface area contributed by atoms with Gasteiger partial charge in [0.25, 0.3) is 10.1 Å². The van der Waals surface area contributed by atoms with Gasteiger partial charge in [0.15, 0.2) is 0 Å². The number of hydrogen-bond donors (Lipinski definition) is 1. The second-order valence-corrected chi connectivity index (χ2v) is 3.54. The Bertz CT molecular complexity index is 141. The van der Waals surface area contributed by atoms with E-state index < -0.39 is 15.4 Å². The van der Waals surface area contributed by atoms with Gasteiger partial charge in [0.2, 0.25) is 0 Å². The molecule has 0 rings (SSSR count). The summed E-state index contributed by atoms with van der Waals surface area (Å²) in [5.41, 5.74) is 0. The van der Waals surface area contributed by atoms with Gasteiger partial charge in [0.05, 0.1) is 5.25 Å². The number of hydrogen-bond acceptors (Lipinski definition) is 2. The van der Waals surface area contributed by atoms with Crippen molar-refractivity contribution in [3.05, 3.63) is 0 Å². The van der Waals surface area contributed by atoms with Crippen LogP contribution in [-0.2, 0) is 10.1 Å². The van der Waals surface area contributed by atoms with E-state index in [1.54, 1.807) is 0 Å². The van der Waals surface area contributed by atoms with Gasteiger partial charge < -0.3 is 1.43 Å². The minimum absolute atomic E-state index is 0. The molecule has 0 atom stereocenters. The average Bonchev–Trinajstić information content (AvgIpc) is 1.31. The molecule has 0 fully saturated rings. The Balaban J connectivity index is -0.000000180. The van der Waals surface area contributed by atoms with E-state index in [-0.39, 0.29) is 20.3 Å². The molecule has 0 radical (unpaired) electrons. The molecule has 0 bridgehead atoms. The quantitative estimate of drug-likeness (QED) is 0.314. The van der Waals surface area contributed by atoms with Gasteiger partial charge in [-0.05, 0) is 13.8 Å². The molecule has 0 aromatic carbocycles. The monoisotopic (exact) mass is 132 g/mol. The molecule has 0 saturated carbocycles. The molecule has 0 heterocycles. The molecule has 0 aromatic rings. The molecule has 0 amide bonds. The summed E-state index contributed by atoms with van der Waals surface area (Å²) in [7, 11) is -3.74. The zero-order valence-electron chi connectivity index (χ0n) is 6.25. The Kier molecular flexibility index (Phi) is 4.98. The Labute approximate surface area is 62.9 Å². The maximum absolute atomic E-state index is 9.89. The van der Waals surface area contributed by atoms with Crippen molar-refractivity contribution in [1.29, 1.82) is 0 Å². The number of rotatable bonds is 1. The van der Waals surface area contributed by atoms with Crippen LogP contribution >= 0.6 is 0 Å². The van der Waals surface area contributed by atoms with Gasteiger partial charge >= 0.3 is 18.9 Å². The summed E-state index contributed by atoms with van der Waals surface area (Å²) in [6.45, 7) is 2.82. The van der Waals surface area contributed by atoms with Crippen molar-refractivity contribution in [2.75, 3.05) is 0 Å². The molecular weight excluding hydrogens is 123 g/mol. The molecule has 5 heteroatoms. The molecule has 0 spiro atoms. The molecule has 0 saturated heterocycles. The third-order valence-electron chi connectivity index (χ3n) is 0.596. The van der Waals surface area contributed by atoms with Crippen LogP contribution in [0.3, 0.4) is 0 Å². The predicted molar refractivity (Wildman–Crippen MR) is 27.8 cm³/mol. The van der Waals surface area contributed by atoms with Crippen LogP contribution in [0.2, 0.25) is 0 Å². The minimum Gasteiger partial charge on any atom is -1.00 e. The molecule has 0 aliphatic heterocycles. The van der Waals surface area contributed by atoms with Gasteiger partial charge in [-0.3, -0.25) is 4.55 Å². The smallest absolute Gasteiger partial charge is 1.00 e. The first-order valence-electron chi connectivity index (χ1n) is 1.91. The van der Waals surface area contributed by atoms with Crippen LogP contribution in [0.15, 0.2) is 0 Å². The van der Waals surface area contributed by atoms with Crippen LogP contribution in [0.4, 0.5) is 0 Å². The fourth-order valence-corrected chi connectivity index (χ4v) is 0. The predicted octanol–water partition coefficient (Wildman–Crippen LogP) is -2.60. The molecular formula is C3H9LiO3S. The van der Waals surface area contributed by atoms with Gasteiger partial charge in [-0.2, -0.15) is 8.42 Å². The summed E-state index contributed by atoms with van der Waals surface area (Å²) in [5.74, 6) is 0. The van der Waals surface area contributed by atoms with Gasteiger partial charge in [-0.15, -0.1) is 0 Å². The maximum atomic E-state index is 9.89. The molecule has 8 heavy (non-hydrogen) atoms. The summed E-state index contributed by atoms with van der Waals surface area (Å²) in [4.78, 5) is 0. The summed E-state index contributed by atoms with van der Waals surface area (Å²) >= 11 is 0. The molecule has 3 nitrogen and oxygen atoms in total. The zero-order valence-corrected chi connectivity index (χ0v) is 6.07. The van der Waals surface area contributed by atoms with Crippen LogP contribution in [0.1, 0.15) is 15.3 Å². The fraction of sp³-hybridized carbons (Fsp3) is 1.00. The van der Waals surface area contributed by atoms with E-state index in [1.165, 1.54) is 13.8 Å². The van der Waals surface area contributed by atoms with Crippen LogP contribution in [0.25, 0.3) is 0 Å². The Morgan fingerprint density at radius 2 is 1.62 bits per heavy atom. The van der Waals surface area contributed by atoms with Crippen molar-refractivity contribution in [3.63, 3.8) is 0 Å². The third-order valence-corrected chi connectivity index (χ3v) is 1.79. The van der Waals surface area contributed by atoms with Gasteiger partial charge in [-0.25, -0.2) is 0 Å². The van der Waals surface area contributed by atoms with Crippen molar-refractivity contribution in [3.8, 4) is 0 Å². The molecule has 46 valence electrons. The van der Waals surface area contributed by atoms with E-state index in [2.05, 4.69) is 0 Å². The standard InChI is InChI=1S/C3H8O3S.Li.H/c1-3(2)7(4,5)6;;/h3H,1-2H3,(H,4,5,6);;/q;+1;-1. The van der Waals surface area contributed by atoms with Crippen molar-refractivity contribution < 1.29 is 33.3 Å². The van der Waals surface area contributed by atoms with Crippen molar-refractivity contribution in [2.24, 2.45) is 0 Å². The van der Waals surface area contributed by atoms with E-state index in [9.17, 15) is 8.42 Å². The normalized spacial score (nSPS) is 11.0. The first-order valence-corrected chi connectivity index (χ1v) is 3.41. The second kappa shape index (κ2) is 3.52. The Hall–Kier alpha value is 0.507. The molecule has 0 aliphatic rings. The summed E-state index contributed by atoms with van der Waals surface area (Å²) < 4.78 is 27.8. The van der Waals surface area contributed by atoms with Crippen LogP contribution in [0, 0.1) is 0 Å². The van der Waals surface area contributed by atoms with Crippen molar-refractivity contribution >= 4 is 10.1 Å². The fourth-order valence-electron chi connectivity index (χ4n) is 0. The van der Waals surface area contributed by atoms with Gasteiger partial charge in [0, 0.05) is 0 Å². The summed E-state index contributed by atoms with van der Waals surface area (Å²) in [5, 5.41) is -0.674. The maximum Gasteiger partial charge on any atom is 1.00 e. The molecule has 0 aromatic heterocycles. The van der Waals surface area contributed by atoms with E-state index in [0.717, 1.165) is 0 Å². The van der Waals surface area contributed by atoms with E-state index in [0.29, 0.717) is 0 Å². The molecule has 0 unspecified atom stereocenters. The molecule has 0 aliphatic carbocycles. The molecule has 1 N–H and O–H groups in total. The Morgan fingerprint density at radius 1 is 1.50 bits per heavy atom. The third kappa shape index (κ3) is 4.66. The van der Waals surface area contributed by atoms with Gasteiger partial charge in [0.1, 0.15) is 0 Å². The topological polar surface area (TPSA) is 54.4 Å². The largest absolute Gasteiger partial charge is 1.00 e. The Morgan fingerprint density at radius 3 is 1.62 bits per heavy atom. The van der Waals surface area contributed by atoms with Crippen molar-refractivity contribution in [2.45, 2.75) is 19.1 Å². The first-order chi connectivity index (χ1) is 2.94. The van der Waals surface area contributed by atoms with Crippen molar-refractivity contribution in [1.82, 2.24) is 0 Å². The van der Waals surface area contributed by atoms with E-state index in [1.807, 2.05) is 0 Å². The van der Waals surface area contributed by atoms with E-state index >= 15 is 0 Å². The first kappa shape index (κ1) is 11.3. The van der Waals surface area contributed by atoms with Crippen LogP contribution in [0.5, 0.6) is 0 Å². The van der Waals surface area contributed by atoms with Crippen LogP contribution < -0.4 is 18.9 Å². The second-order valence-electron chi connectivity index (χ2n) is 1.56. The summed E-state index contributed by atoms with van der Waals surface area (Å²) in [6.07, 6.45) is 0. The SMILES string of the molecule is CC(C)S(=O)(=O)O.[H-].[Li+]. The van der Waals surface area contributed by atoms with Crippen LogP contribution in [-0.4, -0.2) is 18.2 Å². The van der Waals surface area contributed by atoms with Gasteiger partial charge in [-0.1, -0.05) is 0 Å². The van der Waals surface area contributed by atoms with E-state index in [4.69, 9.17) is 4.55 Å². The minimum atomic E-state index is -3.74. The average molecular weight is 132 g/mol.